The average molecular weight is 207 g/mol. The van der Waals surface area contributed by atoms with E-state index in [0.29, 0.717) is 6.04 Å². The summed E-state index contributed by atoms with van der Waals surface area (Å²) in [6.07, 6.45) is 3.87. The Labute approximate surface area is 92.4 Å². The zero-order valence-corrected chi connectivity index (χ0v) is 9.97. The highest BCUT2D eigenvalue weighted by Crippen LogP contribution is 2.24. The maximum Gasteiger partial charge on any atom is 0.105 e. The van der Waals surface area contributed by atoms with Crippen molar-refractivity contribution < 1.29 is 4.42 Å². The summed E-state index contributed by atoms with van der Waals surface area (Å²) in [4.78, 5) is 0. The molecular weight excluding hydrogens is 186 g/mol. The van der Waals surface area contributed by atoms with Gasteiger partial charge in [-0.1, -0.05) is 12.5 Å². The van der Waals surface area contributed by atoms with Gasteiger partial charge in [-0.2, -0.15) is 0 Å². The third-order valence-corrected chi connectivity index (χ3v) is 2.47. The number of hydrogen-bond acceptors (Lipinski definition) is 2. The quantitative estimate of drug-likeness (QED) is 0.721. The molecule has 1 unspecified atom stereocenters. The van der Waals surface area contributed by atoms with Crippen molar-refractivity contribution in [2.24, 2.45) is 0 Å². The van der Waals surface area contributed by atoms with Crippen molar-refractivity contribution in [3.8, 4) is 0 Å². The summed E-state index contributed by atoms with van der Waals surface area (Å²) in [5, 5.41) is 3.52. The molecule has 0 saturated heterocycles. The largest absolute Gasteiger partial charge is 0.469 e. The summed E-state index contributed by atoms with van der Waals surface area (Å²) in [6, 6.07) is 2.40. The molecule has 0 amide bonds. The molecule has 0 bridgehead atoms. The number of hydrogen-bond donors (Lipinski definition) is 1. The van der Waals surface area contributed by atoms with Gasteiger partial charge in [0.15, 0.2) is 0 Å². The van der Waals surface area contributed by atoms with Gasteiger partial charge in [0.05, 0.1) is 6.26 Å². The third-order valence-electron chi connectivity index (χ3n) is 2.47. The van der Waals surface area contributed by atoms with Crippen LogP contribution in [0.3, 0.4) is 0 Å². The number of aryl methyl sites for hydroxylation is 1. The second kappa shape index (κ2) is 5.76. The highest BCUT2D eigenvalue weighted by atomic mass is 16.3. The predicted molar refractivity (Wildman–Crippen MR) is 63.9 cm³/mol. The molecule has 0 radical (unpaired) electrons. The van der Waals surface area contributed by atoms with Crippen molar-refractivity contribution in [2.45, 2.75) is 39.7 Å². The molecule has 1 aromatic rings. The van der Waals surface area contributed by atoms with Crippen LogP contribution in [-0.4, -0.2) is 6.54 Å². The van der Waals surface area contributed by atoms with Gasteiger partial charge < -0.3 is 9.73 Å². The molecular formula is C13H21NO. The van der Waals surface area contributed by atoms with Crippen molar-refractivity contribution in [3.63, 3.8) is 0 Å². The van der Waals surface area contributed by atoms with Crippen LogP contribution < -0.4 is 5.32 Å². The second-order valence-electron chi connectivity index (χ2n) is 4.10. The normalized spacial score (nSPS) is 12.7. The topological polar surface area (TPSA) is 25.2 Å². The summed E-state index contributed by atoms with van der Waals surface area (Å²) >= 11 is 0. The van der Waals surface area contributed by atoms with Gasteiger partial charge in [0, 0.05) is 11.6 Å². The molecule has 0 spiro atoms. The van der Waals surface area contributed by atoms with E-state index < -0.39 is 0 Å². The van der Waals surface area contributed by atoms with E-state index in [4.69, 9.17) is 4.42 Å². The van der Waals surface area contributed by atoms with Crippen LogP contribution in [0.1, 0.15) is 44.1 Å². The van der Waals surface area contributed by atoms with E-state index in [0.717, 1.165) is 25.1 Å². The van der Waals surface area contributed by atoms with E-state index in [1.165, 1.54) is 11.1 Å². The van der Waals surface area contributed by atoms with Gasteiger partial charge in [0.25, 0.3) is 0 Å². The first-order valence-corrected chi connectivity index (χ1v) is 5.57. The Morgan fingerprint density at radius 1 is 1.60 bits per heavy atom. The molecule has 0 aromatic carbocycles. The lowest BCUT2D eigenvalue weighted by Gasteiger charge is -2.18. The van der Waals surface area contributed by atoms with E-state index >= 15 is 0 Å². The molecule has 1 atom stereocenters. The van der Waals surface area contributed by atoms with Gasteiger partial charge in [0.1, 0.15) is 5.76 Å². The lowest BCUT2D eigenvalue weighted by Crippen LogP contribution is -2.22. The standard InChI is InChI=1S/C13H21NO/c1-5-7-14-13(9-10(2)3)12-6-8-15-11(12)4/h6,8,13-14H,2,5,7,9H2,1,3-4H3. The number of nitrogens with one attached hydrogen (secondary N) is 1. The van der Waals surface area contributed by atoms with Crippen LogP contribution in [0.4, 0.5) is 0 Å². The minimum absolute atomic E-state index is 0.348. The smallest absolute Gasteiger partial charge is 0.105 e. The SMILES string of the molecule is C=C(C)CC(NCCC)c1ccoc1C. The van der Waals surface area contributed by atoms with Crippen LogP contribution >= 0.6 is 0 Å². The summed E-state index contributed by atoms with van der Waals surface area (Å²) < 4.78 is 5.34. The molecule has 84 valence electrons. The van der Waals surface area contributed by atoms with E-state index in [-0.39, 0.29) is 0 Å². The first-order valence-electron chi connectivity index (χ1n) is 5.57. The molecule has 0 aliphatic heterocycles. The fraction of sp³-hybridized carbons (Fsp3) is 0.538. The average Bonchev–Trinajstić information content (AvgIpc) is 2.58. The van der Waals surface area contributed by atoms with Gasteiger partial charge in [-0.15, -0.1) is 6.58 Å². The Kier molecular flexibility index (Phi) is 4.63. The Balaban J connectivity index is 2.71. The molecule has 0 aliphatic carbocycles. The van der Waals surface area contributed by atoms with E-state index in [9.17, 15) is 0 Å². The maximum absolute atomic E-state index is 5.34. The molecule has 1 rings (SSSR count). The maximum atomic E-state index is 5.34. The molecule has 0 fully saturated rings. The summed E-state index contributed by atoms with van der Waals surface area (Å²) in [5.74, 6) is 1.00. The molecule has 1 aromatic heterocycles. The lowest BCUT2D eigenvalue weighted by molar-refractivity contribution is 0.493. The van der Waals surface area contributed by atoms with Crippen LogP contribution in [0.2, 0.25) is 0 Å². The summed E-state index contributed by atoms with van der Waals surface area (Å²) in [5.41, 5.74) is 2.45. The third kappa shape index (κ3) is 3.56. The monoisotopic (exact) mass is 207 g/mol. The van der Waals surface area contributed by atoms with Crippen LogP contribution in [0.5, 0.6) is 0 Å². The van der Waals surface area contributed by atoms with Gasteiger partial charge >= 0.3 is 0 Å². The Bertz CT molecular complexity index is 314. The van der Waals surface area contributed by atoms with E-state index in [1.54, 1.807) is 6.26 Å². The Hall–Kier alpha value is -1.02. The van der Waals surface area contributed by atoms with Crippen LogP contribution in [-0.2, 0) is 0 Å². The van der Waals surface area contributed by atoms with Crippen LogP contribution in [0.15, 0.2) is 28.9 Å². The highest BCUT2D eigenvalue weighted by Gasteiger charge is 2.14. The first-order chi connectivity index (χ1) is 7.15. The fourth-order valence-electron chi connectivity index (χ4n) is 1.72. The highest BCUT2D eigenvalue weighted by molar-refractivity contribution is 5.21. The molecule has 1 N–H and O–H groups in total. The lowest BCUT2D eigenvalue weighted by atomic mass is 10.0. The van der Waals surface area contributed by atoms with Crippen molar-refractivity contribution >= 4 is 0 Å². The number of rotatable bonds is 6. The minimum Gasteiger partial charge on any atom is -0.469 e. The van der Waals surface area contributed by atoms with Crippen molar-refractivity contribution in [3.05, 3.63) is 35.8 Å². The second-order valence-corrected chi connectivity index (χ2v) is 4.10. The van der Waals surface area contributed by atoms with E-state index in [1.807, 2.05) is 13.0 Å². The number of furan rings is 1. The Morgan fingerprint density at radius 3 is 2.80 bits per heavy atom. The van der Waals surface area contributed by atoms with Gasteiger partial charge in [0.2, 0.25) is 0 Å². The zero-order valence-electron chi connectivity index (χ0n) is 9.97. The molecule has 15 heavy (non-hydrogen) atoms. The van der Waals surface area contributed by atoms with Crippen molar-refractivity contribution in [2.75, 3.05) is 6.54 Å². The predicted octanol–water partition coefficient (Wildman–Crippen LogP) is 3.59. The molecule has 2 nitrogen and oxygen atoms in total. The fourth-order valence-corrected chi connectivity index (χ4v) is 1.72. The first kappa shape index (κ1) is 12.1. The summed E-state index contributed by atoms with van der Waals surface area (Å²) in [6.45, 7) is 11.2. The van der Waals surface area contributed by atoms with E-state index in [2.05, 4.69) is 25.7 Å². The zero-order chi connectivity index (χ0) is 11.3. The summed E-state index contributed by atoms with van der Waals surface area (Å²) in [7, 11) is 0. The van der Waals surface area contributed by atoms with Crippen LogP contribution in [0, 0.1) is 6.92 Å². The van der Waals surface area contributed by atoms with Crippen molar-refractivity contribution in [1.82, 2.24) is 5.32 Å². The van der Waals surface area contributed by atoms with Gasteiger partial charge in [-0.05, 0) is 39.3 Å². The van der Waals surface area contributed by atoms with Gasteiger partial charge in [-0.3, -0.25) is 0 Å². The molecule has 0 aliphatic rings. The minimum atomic E-state index is 0.348. The molecule has 2 heteroatoms. The van der Waals surface area contributed by atoms with Gasteiger partial charge in [-0.25, -0.2) is 0 Å². The molecule has 0 saturated carbocycles. The van der Waals surface area contributed by atoms with Crippen LogP contribution in [0.25, 0.3) is 0 Å². The van der Waals surface area contributed by atoms with Crippen molar-refractivity contribution in [1.29, 1.82) is 0 Å². The Morgan fingerprint density at radius 2 is 2.33 bits per heavy atom. The molecule has 1 heterocycles.